The first kappa shape index (κ1) is 6.10. The molecule has 2 heteroatoms. The van der Waals surface area contributed by atoms with Crippen molar-refractivity contribution in [2.24, 2.45) is 4.99 Å². The highest BCUT2D eigenvalue weighted by Crippen LogP contribution is 2.22. The number of hydrogen-bond acceptors (Lipinski definition) is 1. The summed E-state index contributed by atoms with van der Waals surface area (Å²) >= 11 is 3.46. The Morgan fingerprint density at radius 2 is 2.30 bits per heavy atom. The summed E-state index contributed by atoms with van der Waals surface area (Å²) in [7, 11) is 0. The summed E-state index contributed by atoms with van der Waals surface area (Å²) in [6, 6.07) is 6.18. The Kier molecular flexibility index (Phi) is 1.34. The number of halogens is 1. The molecule has 0 aromatic heterocycles. The maximum absolute atomic E-state index is 4.16. The van der Waals surface area contributed by atoms with Crippen LogP contribution < -0.4 is 0 Å². The molecule has 0 atom stereocenters. The molecular weight excluding hydrogens is 190 g/mol. The predicted molar refractivity (Wildman–Crippen MR) is 45.4 cm³/mol. The quantitative estimate of drug-likeness (QED) is 0.604. The molecule has 0 fully saturated rings. The van der Waals surface area contributed by atoms with Gasteiger partial charge in [-0.1, -0.05) is 28.1 Å². The fourth-order valence-corrected chi connectivity index (χ4v) is 1.61. The van der Waals surface area contributed by atoms with Gasteiger partial charge < -0.3 is 0 Å². The van der Waals surface area contributed by atoms with Gasteiger partial charge in [0.1, 0.15) is 0 Å². The zero-order valence-corrected chi connectivity index (χ0v) is 6.93. The first-order valence-electron chi connectivity index (χ1n) is 3.15. The van der Waals surface area contributed by atoms with Crippen molar-refractivity contribution in [1.29, 1.82) is 0 Å². The van der Waals surface area contributed by atoms with Gasteiger partial charge in [-0.3, -0.25) is 4.99 Å². The lowest BCUT2D eigenvalue weighted by molar-refractivity contribution is 1.11. The lowest BCUT2D eigenvalue weighted by Gasteiger charge is -1.96. The lowest BCUT2D eigenvalue weighted by atomic mass is 10.1. The Labute approximate surface area is 67.9 Å². The molecule has 10 heavy (non-hydrogen) atoms. The Bertz CT molecular complexity index is 291. The van der Waals surface area contributed by atoms with E-state index in [4.69, 9.17) is 0 Å². The fraction of sp³-hybridized carbons (Fsp3) is 0.125. The molecule has 0 radical (unpaired) electrons. The third kappa shape index (κ3) is 0.797. The Hall–Kier alpha value is -0.630. The second-order valence-corrected chi connectivity index (χ2v) is 3.14. The van der Waals surface area contributed by atoms with Gasteiger partial charge in [-0.25, -0.2) is 0 Å². The highest BCUT2D eigenvalue weighted by atomic mass is 79.9. The molecule has 1 nitrogen and oxygen atoms in total. The average molecular weight is 196 g/mol. The van der Waals surface area contributed by atoms with Gasteiger partial charge in [-0.2, -0.15) is 0 Å². The maximum Gasteiger partial charge on any atom is 0.0646 e. The minimum atomic E-state index is 0.842. The van der Waals surface area contributed by atoms with Crippen LogP contribution in [0.4, 0.5) is 0 Å². The molecule has 50 valence electrons. The van der Waals surface area contributed by atoms with Crippen LogP contribution in [0.5, 0.6) is 0 Å². The molecule has 1 heterocycles. The summed E-state index contributed by atoms with van der Waals surface area (Å²) < 4.78 is 1.14. The highest BCUT2D eigenvalue weighted by Gasteiger charge is 2.07. The van der Waals surface area contributed by atoms with Crippen molar-refractivity contribution in [2.75, 3.05) is 0 Å². The van der Waals surface area contributed by atoms with Crippen LogP contribution in [-0.4, -0.2) is 6.21 Å². The zero-order valence-electron chi connectivity index (χ0n) is 5.34. The highest BCUT2D eigenvalue weighted by molar-refractivity contribution is 9.10. The van der Waals surface area contributed by atoms with E-state index >= 15 is 0 Å². The van der Waals surface area contributed by atoms with E-state index in [9.17, 15) is 0 Å². The number of nitrogens with zero attached hydrogens (tertiary/aromatic N) is 1. The molecule has 0 unspecified atom stereocenters. The molecule has 0 N–H and O–H groups in total. The number of hydrogen-bond donors (Lipinski definition) is 0. The monoisotopic (exact) mass is 195 g/mol. The van der Waals surface area contributed by atoms with Gasteiger partial charge in [-0.15, -0.1) is 0 Å². The van der Waals surface area contributed by atoms with Crippen molar-refractivity contribution in [1.82, 2.24) is 0 Å². The summed E-state index contributed by atoms with van der Waals surface area (Å²) in [5.74, 6) is 0. The van der Waals surface area contributed by atoms with E-state index in [2.05, 4.69) is 27.0 Å². The van der Waals surface area contributed by atoms with Gasteiger partial charge in [0, 0.05) is 16.3 Å². The molecular formula is C8H6BrN. The van der Waals surface area contributed by atoms with Crippen molar-refractivity contribution in [3.8, 4) is 0 Å². The molecule has 1 aromatic carbocycles. The van der Waals surface area contributed by atoms with Gasteiger partial charge >= 0.3 is 0 Å². The van der Waals surface area contributed by atoms with E-state index in [1.54, 1.807) is 0 Å². The van der Waals surface area contributed by atoms with Crippen molar-refractivity contribution >= 4 is 22.1 Å². The second kappa shape index (κ2) is 2.20. The zero-order chi connectivity index (χ0) is 6.97. The SMILES string of the molecule is Brc1cccc2c1C=NC2. The van der Waals surface area contributed by atoms with Crippen LogP contribution >= 0.6 is 15.9 Å². The van der Waals surface area contributed by atoms with Crippen LogP contribution in [0, 0.1) is 0 Å². The van der Waals surface area contributed by atoms with Crippen LogP contribution in [0.2, 0.25) is 0 Å². The fourth-order valence-electron chi connectivity index (χ4n) is 1.10. The number of aliphatic imine (C=N–C) groups is 1. The summed E-state index contributed by atoms with van der Waals surface area (Å²) in [6.45, 7) is 0.842. The molecule has 0 aliphatic carbocycles. The van der Waals surface area contributed by atoms with Crippen LogP contribution in [-0.2, 0) is 6.54 Å². The van der Waals surface area contributed by atoms with E-state index in [1.807, 2.05) is 18.3 Å². The van der Waals surface area contributed by atoms with E-state index < -0.39 is 0 Å². The van der Waals surface area contributed by atoms with Crippen molar-refractivity contribution in [2.45, 2.75) is 6.54 Å². The molecule has 0 bridgehead atoms. The summed E-state index contributed by atoms with van der Waals surface area (Å²) in [6.07, 6.45) is 1.92. The van der Waals surface area contributed by atoms with E-state index in [0.29, 0.717) is 0 Å². The minimum absolute atomic E-state index is 0.842. The Morgan fingerprint density at radius 1 is 1.40 bits per heavy atom. The average Bonchev–Trinajstić information content (AvgIpc) is 2.36. The molecule has 2 rings (SSSR count). The maximum atomic E-state index is 4.16. The summed E-state index contributed by atoms with van der Waals surface area (Å²) in [5.41, 5.74) is 2.55. The summed E-state index contributed by atoms with van der Waals surface area (Å²) in [4.78, 5) is 4.16. The molecule has 1 aliphatic heterocycles. The molecule has 0 saturated carbocycles. The lowest BCUT2D eigenvalue weighted by Crippen LogP contribution is -1.83. The van der Waals surface area contributed by atoms with E-state index in [1.165, 1.54) is 11.1 Å². The molecule has 0 spiro atoms. The van der Waals surface area contributed by atoms with Gasteiger partial charge in [-0.05, 0) is 11.6 Å². The molecule has 0 saturated heterocycles. The van der Waals surface area contributed by atoms with Gasteiger partial charge in [0.15, 0.2) is 0 Å². The van der Waals surface area contributed by atoms with Crippen LogP contribution in [0.1, 0.15) is 11.1 Å². The normalized spacial score (nSPS) is 13.7. The third-order valence-corrected chi connectivity index (χ3v) is 2.32. The van der Waals surface area contributed by atoms with E-state index in [-0.39, 0.29) is 0 Å². The van der Waals surface area contributed by atoms with Crippen molar-refractivity contribution < 1.29 is 0 Å². The second-order valence-electron chi connectivity index (χ2n) is 2.28. The number of rotatable bonds is 0. The van der Waals surface area contributed by atoms with E-state index in [0.717, 1.165) is 11.0 Å². The third-order valence-electron chi connectivity index (χ3n) is 1.63. The van der Waals surface area contributed by atoms with Crippen molar-refractivity contribution in [3.63, 3.8) is 0 Å². The smallest absolute Gasteiger partial charge is 0.0646 e. The Balaban J connectivity index is 2.67. The topological polar surface area (TPSA) is 12.4 Å². The van der Waals surface area contributed by atoms with Gasteiger partial charge in [0.05, 0.1) is 6.54 Å². The van der Waals surface area contributed by atoms with Gasteiger partial charge in [0.2, 0.25) is 0 Å². The first-order valence-corrected chi connectivity index (χ1v) is 3.94. The molecule has 0 amide bonds. The number of fused-ring (bicyclic) bond motifs is 1. The standard InChI is InChI=1S/C8H6BrN/c9-8-3-1-2-6-4-10-5-7(6)8/h1-3,5H,4H2. The first-order chi connectivity index (χ1) is 4.88. The Morgan fingerprint density at radius 3 is 3.10 bits per heavy atom. The van der Waals surface area contributed by atoms with Crippen LogP contribution in [0.25, 0.3) is 0 Å². The summed E-state index contributed by atoms with van der Waals surface area (Å²) in [5, 5.41) is 0. The molecule has 1 aromatic rings. The molecule has 1 aliphatic rings. The number of benzene rings is 1. The van der Waals surface area contributed by atoms with Crippen molar-refractivity contribution in [3.05, 3.63) is 33.8 Å². The largest absolute Gasteiger partial charge is 0.288 e. The van der Waals surface area contributed by atoms with Crippen LogP contribution in [0.15, 0.2) is 27.7 Å². The minimum Gasteiger partial charge on any atom is -0.288 e. The van der Waals surface area contributed by atoms with Gasteiger partial charge in [0.25, 0.3) is 0 Å². The predicted octanol–water partition coefficient (Wildman–Crippen LogP) is 2.38. The van der Waals surface area contributed by atoms with Crippen LogP contribution in [0.3, 0.4) is 0 Å².